The molecule has 0 amide bonds. The zero-order chi connectivity index (χ0) is 20.9. The van der Waals surface area contributed by atoms with Crippen LogP contribution in [-0.2, 0) is 20.0 Å². The van der Waals surface area contributed by atoms with E-state index in [4.69, 9.17) is 0 Å². The van der Waals surface area contributed by atoms with Crippen LogP contribution in [0.5, 0.6) is 0 Å². The number of sulfonamides is 2. The molecule has 28 heavy (non-hydrogen) atoms. The van der Waals surface area contributed by atoms with Crippen molar-refractivity contribution in [2.24, 2.45) is 0 Å². The highest BCUT2D eigenvalue weighted by molar-refractivity contribution is 7.89. The van der Waals surface area contributed by atoms with Gasteiger partial charge in [-0.05, 0) is 38.1 Å². The summed E-state index contributed by atoms with van der Waals surface area (Å²) in [6.07, 6.45) is 0. The quantitative estimate of drug-likeness (QED) is 0.620. The van der Waals surface area contributed by atoms with Crippen LogP contribution in [0.25, 0.3) is 0 Å². The zero-order valence-electron chi connectivity index (χ0n) is 16.8. The molecule has 2 aromatic rings. The lowest BCUT2D eigenvalue weighted by atomic mass is 10.2. The molecular weight excluding hydrogens is 396 g/mol. The van der Waals surface area contributed by atoms with Crippen LogP contribution in [0.2, 0.25) is 0 Å². The maximum atomic E-state index is 12.9. The topological polar surface area (TPSA) is 74.8 Å². The number of hydrogen-bond donors (Lipinski definition) is 0. The van der Waals surface area contributed by atoms with Gasteiger partial charge in [0, 0.05) is 26.2 Å². The molecule has 0 spiro atoms. The summed E-state index contributed by atoms with van der Waals surface area (Å²) >= 11 is 0. The van der Waals surface area contributed by atoms with Gasteiger partial charge in [0.25, 0.3) is 0 Å². The van der Waals surface area contributed by atoms with Crippen molar-refractivity contribution in [1.29, 1.82) is 0 Å². The first-order valence-corrected chi connectivity index (χ1v) is 12.1. The molecule has 0 aliphatic heterocycles. The van der Waals surface area contributed by atoms with Crippen molar-refractivity contribution in [3.63, 3.8) is 0 Å². The SMILES string of the molecule is CCN(CCN(CC)S(=O)(=O)c1ccc(C)cc1)S(=O)(=O)c1ccc(C)cc1. The zero-order valence-corrected chi connectivity index (χ0v) is 18.4. The van der Waals surface area contributed by atoms with Crippen LogP contribution in [0.15, 0.2) is 58.3 Å². The third kappa shape index (κ3) is 5.00. The van der Waals surface area contributed by atoms with Gasteiger partial charge in [0.05, 0.1) is 9.79 Å². The van der Waals surface area contributed by atoms with Crippen molar-refractivity contribution in [3.05, 3.63) is 59.7 Å². The molecule has 0 unspecified atom stereocenters. The van der Waals surface area contributed by atoms with E-state index in [1.165, 1.54) is 8.61 Å². The van der Waals surface area contributed by atoms with Crippen molar-refractivity contribution >= 4 is 20.0 Å². The van der Waals surface area contributed by atoms with Crippen LogP contribution in [0.4, 0.5) is 0 Å². The molecule has 0 bridgehead atoms. The lowest BCUT2D eigenvalue weighted by molar-refractivity contribution is 0.359. The summed E-state index contributed by atoms with van der Waals surface area (Å²) in [6.45, 7) is 7.98. The maximum absolute atomic E-state index is 12.9. The normalized spacial score (nSPS) is 12.6. The van der Waals surface area contributed by atoms with Gasteiger partial charge < -0.3 is 0 Å². The minimum absolute atomic E-state index is 0.0889. The summed E-state index contributed by atoms with van der Waals surface area (Å²) in [6, 6.07) is 13.3. The van der Waals surface area contributed by atoms with Crippen LogP contribution >= 0.6 is 0 Å². The first kappa shape index (κ1) is 22.5. The molecule has 8 heteroatoms. The van der Waals surface area contributed by atoms with Crippen molar-refractivity contribution in [2.45, 2.75) is 37.5 Å². The summed E-state index contributed by atoms with van der Waals surface area (Å²) in [7, 11) is -7.35. The fourth-order valence-corrected chi connectivity index (χ4v) is 5.72. The predicted octanol–water partition coefficient (Wildman–Crippen LogP) is 3.02. The summed E-state index contributed by atoms with van der Waals surface area (Å²) in [4.78, 5) is 0.425. The Morgan fingerprint density at radius 1 is 0.607 bits per heavy atom. The summed E-state index contributed by atoms with van der Waals surface area (Å²) in [5.74, 6) is 0. The van der Waals surface area contributed by atoms with E-state index < -0.39 is 20.0 Å². The first-order valence-electron chi connectivity index (χ1n) is 9.26. The molecule has 0 saturated carbocycles. The Kier molecular flexibility index (Phi) is 7.39. The molecule has 0 saturated heterocycles. The van der Waals surface area contributed by atoms with Crippen LogP contribution in [-0.4, -0.2) is 51.6 Å². The van der Waals surface area contributed by atoms with E-state index in [1.54, 1.807) is 62.4 Å². The second kappa shape index (κ2) is 9.17. The molecule has 0 radical (unpaired) electrons. The Morgan fingerprint density at radius 3 is 1.14 bits per heavy atom. The van der Waals surface area contributed by atoms with Crippen molar-refractivity contribution in [2.75, 3.05) is 26.2 Å². The Morgan fingerprint density at radius 2 is 0.893 bits per heavy atom. The van der Waals surface area contributed by atoms with E-state index in [2.05, 4.69) is 0 Å². The Hall–Kier alpha value is -1.74. The first-order chi connectivity index (χ1) is 13.1. The van der Waals surface area contributed by atoms with E-state index in [9.17, 15) is 16.8 Å². The van der Waals surface area contributed by atoms with E-state index in [0.29, 0.717) is 0 Å². The highest BCUT2D eigenvalue weighted by atomic mass is 32.2. The van der Waals surface area contributed by atoms with Crippen molar-refractivity contribution in [3.8, 4) is 0 Å². The van der Waals surface area contributed by atoms with Crippen molar-refractivity contribution in [1.82, 2.24) is 8.61 Å². The summed E-state index contributed by atoms with van der Waals surface area (Å²) < 4.78 is 54.2. The number of likely N-dealkylation sites (N-methyl/N-ethyl adjacent to an activating group) is 2. The summed E-state index contributed by atoms with van der Waals surface area (Å²) in [5, 5.41) is 0. The molecule has 0 aromatic heterocycles. The second-order valence-corrected chi connectivity index (χ2v) is 10.5. The van der Waals surface area contributed by atoms with Gasteiger partial charge in [0.1, 0.15) is 0 Å². The van der Waals surface area contributed by atoms with E-state index in [1.807, 2.05) is 13.8 Å². The third-order valence-corrected chi connectivity index (χ3v) is 8.60. The number of rotatable bonds is 9. The van der Waals surface area contributed by atoms with Crippen LogP contribution < -0.4 is 0 Å². The Bertz CT molecular complexity index is 900. The van der Waals surface area contributed by atoms with Gasteiger partial charge in [-0.1, -0.05) is 49.2 Å². The smallest absolute Gasteiger partial charge is 0.207 e. The molecule has 2 rings (SSSR count). The average Bonchev–Trinajstić information content (AvgIpc) is 2.65. The maximum Gasteiger partial charge on any atom is 0.243 e. The van der Waals surface area contributed by atoms with Gasteiger partial charge in [0.15, 0.2) is 0 Å². The number of benzene rings is 2. The molecule has 0 aliphatic rings. The van der Waals surface area contributed by atoms with Gasteiger partial charge >= 0.3 is 0 Å². The minimum atomic E-state index is -3.68. The van der Waals surface area contributed by atoms with E-state index >= 15 is 0 Å². The monoisotopic (exact) mass is 424 g/mol. The minimum Gasteiger partial charge on any atom is -0.207 e. The largest absolute Gasteiger partial charge is 0.243 e. The number of hydrogen-bond acceptors (Lipinski definition) is 4. The van der Waals surface area contributed by atoms with Gasteiger partial charge in [-0.2, -0.15) is 8.61 Å². The lowest BCUT2D eigenvalue weighted by Crippen LogP contribution is -2.41. The highest BCUT2D eigenvalue weighted by Gasteiger charge is 2.27. The molecule has 0 fully saturated rings. The van der Waals surface area contributed by atoms with Crippen molar-refractivity contribution < 1.29 is 16.8 Å². The Labute approximate surface area is 168 Å². The molecule has 0 atom stereocenters. The molecule has 154 valence electrons. The third-order valence-electron chi connectivity index (χ3n) is 4.62. The molecule has 0 aliphatic carbocycles. The summed E-state index contributed by atoms with van der Waals surface area (Å²) in [5.41, 5.74) is 1.95. The molecule has 2 aromatic carbocycles. The van der Waals surface area contributed by atoms with Gasteiger partial charge in [0.2, 0.25) is 20.0 Å². The van der Waals surface area contributed by atoms with Gasteiger partial charge in [-0.25, -0.2) is 16.8 Å². The molecule has 0 heterocycles. The fourth-order valence-electron chi connectivity index (χ4n) is 2.84. The fraction of sp³-hybridized carbons (Fsp3) is 0.400. The number of aryl methyl sites for hydroxylation is 2. The van der Waals surface area contributed by atoms with Gasteiger partial charge in [-0.15, -0.1) is 0 Å². The molecular formula is C20H28N2O4S2. The molecule has 0 N–H and O–H groups in total. The van der Waals surface area contributed by atoms with Gasteiger partial charge in [-0.3, -0.25) is 0 Å². The van der Waals surface area contributed by atoms with Crippen LogP contribution in [0.1, 0.15) is 25.0 Å². The van der Waals surface area contributed by atoms with E-state index in [0.717, 1.165) is 11.1 Å². The second-order valence-electron chi connectivity index (χ2n) is 6.62. The highest BCUT2D eigenvalue weighted by Crippen LogP contribution is 2.19. The predicted molar refractivity (Wildman–Crippen MR) is 111 cm³/mol. The van der Waals surface area contributed by atoms with Crippen LogP contribution in [0, 0.1) is 13.8 Å². The standard InChI is InChI=1S/C20H28N2O4S2/c1-5-21(27(23,24)19-11-7-17(3)8-12-19)15-16-22(6-2)28(25,26)20-13-9-18(4)10-14-20/h7-14H,5-6,15-16H2,1-4H3. The Balaban J connectivity index is 2.20. The van der Waals surface area contributed by atoms with E-state index in [-0.39, 0.29) is 36.0 Å². The lowest BCUT2D eigenvalue weighted by Gasteiger charge is -2.25. The average molecular weight is 425 g/mol. The number of nitrogens with zero attached hydrogens (tertiary/aromatic N) is 2. The van der Waals surface area contributed by atoms with Crippen LogP contribution in [0.3, 0.4) is 0 Å². The molecule has 6 nitrogen and oxygen atoms in total.